The van der Waals surface area contributed by atoms with Gasteiger partial charge in [0.1, 0.15) is 18.1 Å². The molecule has 0 fully saturated rings. The van der Waals surface area contributed by atoms with Crippen molar-refractivity contribution in [3.8, 4) is 11.5 Å². The zero-order valence-corrected chi connectivity index (χ0v) is 16.4. The molecule has 2 rings (SSSR count). The van der Waals surface area contributed by atoms with Crippen LogP contribution >= 0.6 is 0 Å². The number of rotatable bonds is 10. The van der Waals surface area contributed by atoms with Gasteiger partial charge in [-0.05, 0) is 54.7 Å². The third-order valence-corrected chi connectivity index (χ3v) is 4.48. The minimum atomic E-state index is -0.549. The van der Waals surface area contributed by atoms with E-state index in [0.717, 1.165) is 23.5 Å². The molecule has 4 nitrogen and oxygen atoms in total. The summed E-state index contributed by atoms with van der Waals surface area (Å²) in [4.78, 5) is 12.7. The van der Waals surface area contributed by atoms with Crippen LogP contribution in [0.4, 0.5) is 5.69 Å². The molecule has 1 N–H and O–H groups in total. The van der Waals surface area contributed by atoms with Crippen molar-refractivity contribution in [1.82, 2.24) is 0 Å². The maximum absolute atomic E-state index is 12.7. The van der Waals surface area contributed by atoms with Gasteiger partial charge in [-0.1, -0.05) is 51.6 Å². The van der Waals surface area contributed by atoms with Gasteiger partial charge in [-0.3, -0.25) is 4.79 Å². The Labute approximate surface area is 162 Å². The molecule has 2 aromatic rings. The SMILES string of the molecule is C=CCOc1ccc(NC(=O)C(CC)Oc2ccccc2C(C)CC)cc1. The first-order chi connectivity index (χ1) is 13.1. The molecule has 0 radical (unpaired) electrons. The lowest BCUT2D eigenvalue weighted by Crippen LogP contribution is -2.32. The molecule has 0 aliphatic heterocycles. The van der Waals surface area contributed by atoms with E-state index in [9.17, 15) is 4.79 Å². The zero-order chi connectivity index (χ0) is 19.6. The molecular formula is C23H29NO3. The summed E-state index contributed by atoms with van der Waals surface area (Å²) in [5.41, 5.74) is 1.85. The van der Waals surface area contributed by atoms with Gasteiger partial charge in [0.15, 0.2) is 6.10 Å². The van der Waals surface area contributed by atoms with E-state index in [1.165, 1.54) is 0 Å². The topological polar surface area (TPSA) is 47.6 Å². The summed E-state index contributed by atoms with van der Waals surface area (Å²) in [6.07, 6.45) is 2.74. The zero-order valence-electron chi connectivity index (χ0n) is 16.4. The number of ether oxygens (including phenoxy) is 2. The first-order valence-corrected chi connectivity index (χ1v) is 9.49. The Balaban J connectivity index is 2.05. The van der Waals surface area contributed by atoms with Gasteiger partial charge in [-0.25, -0.2) is 0 Å². The van der Waals surface area contributed by atoms with Crippen molar-refractivity contribution < 1.29 is 14.3 Å². The molecule has 0 heterocycles. The van der Waals surface area contributed by atoms with Crippen molar-refractivity contribution in [2.24, 2.45) is 0 Å². The molecule has 2 atom stereocenters. The van der Waals surface area contributed by atoms with Crippen LogP contribution in [-0.2, 0) is 4.79 Å². The molecule has 0 saturated carbocycles. The molecule has 4 heteroatoms. The van der Waals surface area contributed by atoms with Gasteiger partial charge in [-0.15, -0.1) is 0 Å². The smallest absolute Gasteiger partial charge is 0.265 e. The van der Waals surface area contributed by atoms with Crippen LogP contribution in [-0.4, -0.2) is 18.6 Å². The Kier molecular flexibility index (Phi) is 7.93. The van der Waals surface area contributed by atoms with Gasteiger partial charge < -0.3 is 14.8 Å². The Morgan fingerprint density at radius 1 is 1.11 bits per heavy atom. The van der Waals surface area contributed by atoms with Crippen LogP contribution in [0.25, 0.3) is 0 Å². The van der Waals surface area contributed by atoms with E-state index in [2.05, 4.69) is 31.8 Å². The van der Waals surface area contributed by atoms with Crippen LogP contribution < -0.4 is 14.8 Å². The average Bonchev–Trinajstić information content (AvgIpc) is 2.71. The predicted molar refractivity (Wildman–Crippen MR) is 111 cm³/mol. The van der Waals surface area contributed by atoms with Gasteiger partial charge in [0.05, 0.1) is 0 Å². The third kappa shape index (κ3) is 5.88. The summed E-state index contributed by atoms with van der Waals surface area (Å²) in [5, 5.41) is 2.92. The van der Waals surface area contributed by atoms with Crippen LogP contribution in [0.15, 0.2) is 61.2 Å². The van der Waals surface area contributed by atoms with E-state index < -0.39 is 6.10 Å². The molecule has 1 amide bonds. The summed E-state index contributed by atoms with van der Waals surface area (Å²) in [7, 11) is 0. The number of amides is 1. The first kappa shape index (κ1) is 20.6. The van der Waals surface area contributed by atoms with Gasteiger partial charge in [0.2, 0.25) is 0 Å². The molecule has 0 aromatic heterocycles. The van der Waals surface area contributed by atoms with Gasteiger partial charge >= 0.3 is 0 Å². The second kappa shape index (κ2) is 10.4. The quantitative estimate of drug-likeness (QED) is 0.559. The number of hydrogen-bond acceptors (Lipinski definition) is 3. The minimum Gasteiger partial charge on any atom is -0.490 e. The average molecular weight is 367 g/mol. The van der Waals surface area contributed by atoms with Crippen molar-refractivity contribution >= 4 is 11.6 Å². The summed E-state index contributed by atoms with van der Waals surface area (Å²) >= 11 is 0. The standard InChI is InChI=1S/C23H29NO3/c1-5-16-26-19-14-12-18(13-15-19)24-23(25)21(7-3)27-22-11-9-8-10-20(22)17(4)6-2/h5,8-15,17,21H,1,6-7,16H2,2-4H3,(H,24,25). The molecule has 0 aliphatic rings. The molecule has 0 saturated heterocycles. The maximum atomic E-state index is 12.7. The third-order valence-electron chi connectivity index (χ3n) is 4.48. The van der Waals surface area contributed by atoms with Crippen molar-refractivity contribution in [3.05, 3.63) is 66.7 Å². The molecule has 0 aliphatic carbocycles. The lowest BCUT2D eigenvalue weighted by atomic mass is 9.98. The van der Waals surface area contributed by atoms with Crippen molar-refractivity contribution in [2.45, 2.75) is 45.6 Å². The van der Waals surface area contributed by atoms with E-state index in [1.54, 1.807) is 6.08 Å². The molecule has 27 heavy (non-hydrogen) atoms. The molecule has 0 bridgehead atoms. The number of carbonyl (C=O) groups excluding carboxylic acids is 1. The summed E-state index contributed by atoms with van der Waals surface area (Å²) in [6.45, 7) is 10.3. The second-order valence-corrected chi connectivity index (χ2v) is 6.48. The monoisotopic (exact) mass is 367 g/mol. The van der Waals surface area contributed by atoms with Gasteiger partial charge in [0.25, 0.3) is 5.91 Å². The fraction of sp³-hybridized carbons (Fsp3) is 0.348. The number of nitrogens with one attached hydrogen (secondary N) is 1. The van der Waals surface area contributed by atoms with Crippen LogP contribution in [0.5, 0.6) is 11.5 Å². The number of hydrogen-bond donors (Lipinski definition) is 1. The van der Waals surface area contributed by atoms with Gasteiger partial charge in [-0.2, -0.15) is 0 Å². The molecule has 2 unspecified atom stereocenters. The van der Waals surface area contributed by atoms with Crippen molar-refractivity contribution in [1.29, 1.82) is 0 Å². The highest BCUT2D eigenvalue weighted by Crippen LogP contribution is 2.29. The first-order valence-electron chi connectivity index (χ1n) is 9.49. The van der Waals surface area contributed by atoms with Crippen LogP contribution in [0.2, 0.25) is 0 Å². The normalized spacial score (nSPS) is 12.7. The van der Waals surface area contributed by atoms with Crippen LogP contribution in [0.1, 0.15) is 45.1 Å². The van der Waals surface area contributed by atoms with E-state index in [0.29, 0.717) is 24.6 Å². The Morgan fingerprint density at radius 2 is 1.81 bits per heavy atom. The van der Waals surface area contributed by atoms with Crippen LogP contribution in [0.3, 0.4) is 0 Å². The molecule has 2 aromatic carbocycles. The summed E-state index contributed by atoms with van der Waals surface area (Å²) in [5.74, 6) is 1.74. The van der Waals surface area contributed by atoms with Crippen molar-refractivity contribution in [2.75, 3.05) is 11.9 Å². The number of para-hydroxylation sites is 1. The number of benzene rings is 2. The highest BCUT2D eigenvalue weighted by molar-refractivity contribution is 5.94. The van der Waals surface area contributed by atoms with Crippen molar-refractivity contribution in [3.63, 3.8) is 0 Å². The Morgan fingerprint density at radius 3 is 2.44 bits per heavy atom. The lowest BCUT2D eigenvalue weighted by molar-refractivity contribution is -0.122. The summed E-state index contributed by atoms with van der Waals surface area (Å²) in [6, 6.07) is 15.2. The highest BCUT2D eigenvalue weighted by atomic mass is 16.5. The minimum absolute atomic E-state index is 0.156. The fourth-order valence-corrected chi connectivity index (χ4v) is 2.70. The largest absolute Gasteiger partial charge is 0.490 e. The number of carbonyl (C=O) groups is 1. The predicted octanol–water partition coefficient (Wildman–Crippen LogP) is 5.56. The molecule has 144 valence electrons. The molecular weight excluding hydrogens is 338 g/mol. The second-order valence-electron chi connectivity index (χ2n) is 6.48. The Hall–Kier alpha value is -2.75. The fourth-order valence-electron chi connectivity index (χ4n) is 2.70. The maximum Gasteiger partial charge on any atom is 0.265 e. The summed E-state index contributed by atoms with van der Waals surface area (Å²) < 4.78 is 11.5. The van der Waals surface area contributed by atoms with E-state index in [-0.39, 0.29) is 5.91 Å². The lowest BCUT2D eigenvalue weighted by Gasteiger charge is -2.21. The Bertz CT molecular complexity index is 740. The molecule has 0 spiro atoms. The number of anilines is 1. The van der Waals surface area contributed by atoms with E-state index in [4.69, 9.17) is 9.47 Å². The highest BCUT2D eigenvalue weighted by Gasteiger charge is 2.21. The van der Waals surface area contributed by atoms with E-state index >= 15 is 0 Å². The van der Waals surface area contributed by atoms with Gasteiger partial charge in [0, 0.05) is 5.69 Å². The van der Waals surface area contributed by atoms with E-state index in [1.807, 2.05) is 49.4 Å². The van der Waals surface area contributed by atoms with Crippen LogP contribution in [0, 0.1) is 0 Å².